The monoisotopic (exact) mass is 360 g/mol. The van der Waals surface area contributed by atoms with Crippen molar-refractivity contribution in [2.24, 2.45) is 0 Å². The van der Waals surface area contributed by atoms with Crippen LogP contribution < -0.4 is 10.1 Å². The van der Waals surface area contributed by atoms with Crippen LogP contribution in [0.25, 0.3) is 0 Å². The van der Waals surface area contributed by atoms with Gasteiger partial charge in [0.05, 0.1) is 11.8 Å². The van der Waals surface area contributed by atoms with Crippen LogP contribution in [0.4, 0.5) is 16.0 Å². The lowest BCUT2D eigenvalue weighted by molar-refractivity contribution is 0.222. The van der Waals surface area contributed by atoms with Crippen LogP contribution in [0.15, 0.2) is 22.7 Å². The number of hydrogen-bond donors (Lipinski definition) is 1. The average molecular weight is 362 g/mol. The molecular weight excluding hydrogens is 351 g/mol. The van der Waals surface area contributed by atoms with Crippen LogP contribution in [-0.2, 0) is 0 Å². The molecule has 0 fully saturated rings. The molecule has 1 aromatic carbocycles. The molecule has 1 heterocycles. The molecule has 2 rings (SSSR count). The van der Waals surface area contributed by atoms with Gasteiger partial charge in [0.1, 0.15) is 5.82 Å². The van der Waals surface area contributed by atoms with E-state index in [4.69, 9.17) is 16.3 Å². The number of ether oxygens (including phenoxy) is 1. The number of anilines is 2. The fourth-order valence-electron chi connectivity index (χ4n) is 1.36. The van der Waals surface area contributed by atoms with E-state index in [1.54, 1.807) is 12.1 Å². The molecule has 2 aromatic rings. The summed E-state index contributed by atoms with van der Waals surface area (Å²) in [6.45, 7) is 3.67. The molecule has 0 aliphatic heterocycles. The number of nitrogens with one attached hydrogen (secondary N) is 1. The summed E-state index contributed by atoms with van der Waals surface area (Å²) in [5, 5.41) is 2.70. The van der Waals surface area contributed by atoms with Crippen molar-refractivity contribution < 1.29 is 9.13 Å². The number of rotatable bonds is 4. The Labute approximate surface area is 128 Å². The van der Waals surface area contributed by atoms with E-state index in [2.05, 4.69) is 36.2 Å². The summed E-state index contributed by atoms with van der Waals surface area (Å²) in [5.74, 6) is -0.330. The lowest BCUT2D eigenvalue weighted by atomic mass is 10.3. The smallest absolute Gasteiger partial charge is 0.322 e. The molecule has 0 unspecified atom stereocenters. The van der Waals surface area contributed by atoms with Gasteiger partial charge < -0.3 is 10.1 Å². The minimum absolute atomic E-state index is 0.0318. The Morgan fingerprint density at radius 1 is 1.30 bits per heavy atom. The van der Waals surface area contributed by atoms with Gasteiger partial charge in [-0.05, 0) is 43.6 Å². The Morgan fingerprint density at radius 3 is 2.70 bits per heavy atom. The summed E-state index contributed by atoms with van der Waals surface area (Å²) < 4.78 is 19.7. The molecule has 0 saturated carbocycles. The van der Waals surface area contributed by atoms with Crippen LogP contribution in [0.1, 0.15) is 13.8 Å². The average Bonchev–Trinajstić information content (AvgIpc) is 2.31. The third-order valence-corrected chi connectivity index (χ3v) is 2.77. The molecule has 1 aromatic heterocycles. The van der Waals surface area contributed by atoms with Crippen molar-refractivity contribution in [1.29, 1.82) is 0 Å². The van der Waals surface area contributed by atoms with Gasteiger partial charge in [-0.15, -0.1) is 0 Å². The highest BCUT2D eigenvalue weighted by Gasteiger charge is 2.10. The number of benzene rings is 1. The fraction of sp³-hybridized carbons (Fsp3) is 0.250. The minimum atomic E-state index is -0.442. The molecule has 0 atom stereocenters. The lowest BCUT2D eigenvalue weighted by Crippen LogP contribution is -2.10. The predicted molar refractivity (Wildman–Crippen MR) is 78.0 cm³/mol. The van der Waals surface area contributed by atoms with Crippen molar-refractivity contribution in [1.82, 2.24) is 15.0 Å². The summed E-state index contributed by atoms with van der Waals surface area (Å²) in [5.41, 5.74) is 0.228. The Bertz CT molecular complexity index is 626. The van der Waals surface area contributed by atoms with Gasteiger partial charge in [-0.1, -0.05) is 15.9 Å². The molecule has 0 bridgehead atoms. The van der Waals surface area contributed by atoms with Gasteiger partial charge in [0.25, 0.3) is 0 Å². The molecule has 0 saturated heterocycles. The second-order valence-corrected chi connectivity index (χ2v) is 5.38. The van der Waals surface area contributed by atoms with Crippen molar-refractivity contribution >= 4 is 39.2 Å². The van der Waals surface area contributed by atoms with Crippen molar-refractivity contribution in [2.45, 2.75) is 20.0 Å². The quantitative estimate of drug-likeness (QED) is 0.893. The predicted octanol–water partition coefficient (Wildman–Crippen LogP) is 3.96. The second kappa shape index (κ2) is 6.32. The second-order valence-electron chi connectivity index (χ2n) is 4.13. The zero-order valence-corrected chi connectivity index (χ0v) is 13.0. The highest BCUT2D eigenvalue weighted by molar-refractivity contribution is 9.10. The van der Waals surface area contributed by atoms with Gasteiger partial charge in [0.15, 0.2) is 0 Å². The van der Waals surface area contributed by atoms with E-state index < -0.39 is 5.82 Å². The fourth-order valence-corrected chi connectivity index (χ4v) is 1.85. The van der Waals surface area contributed by atoms with Crippen LogP contribution in [-0.4, -0.2) is 21.1 Å². The maximum Gasteiger partial charge on any atom is 0.322 e. The van der Waals surface area contributed by atoms with E-state index in [1.165, 1.54) is 6.07 Å². The van der Waals surface area contributed by atoms with Crippen molar-refractivity contribution in [3.05, 3.63) is 33.8 Å². The Balaban J connectivity index is 2.26. The number of aromatic nitrogens is 3. The molecule has 106 valence electrons. The summed E-state index contributed by atoms with van der Waals surface area (Å²) in [4.78, 5) is 11.7. The third kappa shape index (κ3) is 4.01. The van der Waals surface area contributed by atoms with Gasteiger partial charge in [-0.25, -0.2) is 4.39 Å². The van der Waals surface area contributed by atoms with Crippen molar-refractivity contribution in [2.75, 3.05) is 5.32 Å². The molecule has 0 aliphatic carbocycles. The highest BCUT2D eigenvalue weighted by atomic mass is 79.9. The topological polar surface area (TPSA) is 59.9 Å². The molecule has 0 aliphatic rings. The van der Waals surface area contributed by atoms with Gasteiger partial charge >= 0.3 is 6.01 Å². The zero-order valence-electron chi connectivity index (χ0n) is 10.7. The third-order valence-electron chi connectivity index (χ3n) is 2.11. The molecule has 0 amide bonds. The first-order chi connectivity index (χ1) is 9.44. The largest absolute Gasteiger partial charge is 0.461 e. The first-order valence-electron chi connectivity index (χ1n) is 5.74. The maximum atomic E-state index is 13.7. The van der Waals surface area contributed by atoms with Crippen LogP contribution in [0, 0.1) is 5.82 Å². The molecule has 0 spiro atoms. The van der Waals surface area contributed by atoms with E-state index in [-0.39, 0.29) is 29.0 Å². The van der Waals surface area contributed by atoms with Crippen LogP contribution in [0.5, 0.6) is 6.01 Å². The number of halogens is 3. The van der Waals surface area contributed by atoms with Gasteiger partial charge in [0, 0.05) is 4.47 Å². The molecule has 1 N–H and O–H groups in total. The molecule has 8 heteroatoms. The molecular formula is C12H11BrClFN4O. The molecule has 5 nitrogen and oxygen atoms in total. The van der Waals surface area contributed by atoms with E-state index >= 15 is 0 Å². The van der Waals surface area contributed by atoms with Crippen LogP contribution >= 0.6 is 27.5 Å². The first-order valence-corrected chi connectivity index (χ1v) is 6.91. The summed E-state index contributed by atoms with van der Waals surface area (Å²) in [7, 11) is 0. The lowest BCUT2D eigenvalue weighted by Gasteiger charge is -2.10. The Morgan fingerprint density at radius 2 is 2.05 bits per heavy atom. The van der Waals surface area contributed by atoms with E-state index in [9.17, 15) is 4.39 Å². The summed E-state index contributed by atoms with van der Waals surface area (Å²) in [6.07, 6.45) is -0.106. The van der Waals surface area contributed by atoms with Crippen molar-refractivity contribution in [3.8, 4) is 6.01 Å². The summed E-state index contributed by atoms with van der Waals surface area (Å²) >= 11 is 8.96. The Kier molecular flexibility index (Phi) is 4.72. The number of hydrogen-bond acceptors (Lipinski definition) is 5. The zero-order chi connectivity index (χ0) is 14.7. The Hall–Kier alpha value is -1.47. The van der Waals surface area contributed by atoms with Crippen LogP contribution in [0.2, 0.25) is 5.28 Å². The summed E-state index contributed by atoms with van der Waals surface area (Å²) in [6, 6.07) is 4.66. The molecule has 20 heavy (non-hydrogen) atoms. The van der Waals surface area contributed by atoms with E-state index in [1.807, 2.05) is 13.8 Å². The van der Waals surface area contributed by atoms with E-state index in [0.717, 1.165) is 0 Å². The molecule has 0 radical (unpaired) electrons. The SMILES string of the molecule is CC(C)Oc1nc(Cl)nc(Nc2ccc(Br)cc2F)n1. The van der Waals surface area contributed by atoms with Crippen molar-refractivity contribution in [3.63, 3.8) is 0 Å². The minimum Gasteiger partial charge on any atom is -0.461 e. The first kappa shape index (κ1) is 14.9. The normalized spacial score (nSPS) is 10.7. The number of nitrogens with zero attached hydrogens (tertiary/aromatic N) is 3. The highest BCUT2D eigenvalue weighted by Crippen LogP contribution is 2.23. The van der Waals surface area contributed by atoms with Gasteiger partial charge in [-0.2, -0.15) is 15.0 Å². The van der Waals surface area contributed by atoms with Gasteiger partial charge in [0.2, 0.25) is 11.2 Å². The van der Waals surface area contributed by atoms with Gasteiger partial charge in [-0.3, -0.25) is 0 Å². The standard InChI is InChI=1S/C12H11BrClFN4O/c1-6(2)20-12-18-10(14)17-11(19-12)16-9-4-3-7(13)5-8(9)15/h3-6H,1-2H3,(H,16,17,18,19). The van der Waals surface area contributed by atoms with E-state index in [0.29, 0.717) is 4.47 Å². The van der Waals surface area contributed by atoms with Crippen LogP contribution in [0.3, 0.4) is 0 Å². The maximum absolute atomic E-state index is 13.7.